The van der Waals surface area contributed by atoms with Crippen LogP contribution >= 0.6 is 11.6 Å². The van der Waals surface area contributed by atoms with Crippen LogP contribution in [0.5, 0.6) is 0 Å². The van der Waals surface area contributed by atoms with E-state index in [4.69, 9.17) is 40.0 Å². The summed E-state index contributed by atoms with van der Waals surface area (Å²) >= 11 is 6.82. The van der Waals surface area contributed by atoms with Crippen molar-refractivity contribution in [2.24, 2.45) is 17.3 Å². The highest BCUT2D eigenvalue weighted by molar-refractivity contribution is 6.23. The molecule has 12 heteroatoms. The molecule has 0 amide bonds. The fraction of sp³-hybridized carbons (Fsp3) is 0.778. The molecule has 1 aliphatic carbocycles. The normalized spacial score (nSPS) is 48.1. The number of rotatable bonds is 4. The summed E-state index contributed by atoms with van der Waals surface area (Å²) < 4.78 is 36.1. The van der Waals surface area contributed by atoms with Gasteiger partial charge in [0.1, 0.15) is 18.3 Å². The number of epoxide rings is 1. The van der Waals surface area contributed by atoms with Crippen LogP contribution in [0.15, 0.2) is 12.2 Å². The van der Waals surface area contributed by atoms with Crippen molar-refractivity contribution in [1.29, 1.82) is 0 Å². The van der Waals surface area contributed by atoms with Crippen molar-refractivity contribution in [2.75, 3.05) is 6.61 Å². The number of halogens is 1. The zero-order valence-electron chi connectivity index (χ0n) is 22.7. The van der Waals surface area contributed by atoms with E-state index < -0.39 is 87.9 Å². The van der Waals surface area contributed by atoms with E-state index in [2.05, 4.69) is 6.58 Å². The molecule has 4 aliphatic heterocycles. The van der Waals surface area contributed by atoms with E-state index in [9.17, 15) is 24.3 Å². The Bertz CT molecular complexity index is 1120. The molecule has 4 saturated heterocycles. The lowest BCUT2D eigenvalue weighted by atomic mass is 9.51. The fourth-order valence-corrected chi connectivity index (χ4v) is 7.90. The average Bonchev–Trinajstić information content (AvgIpc) is 3.58. The molecule has 216 valence electrons. The second kappa shape index (κ2) is 9.15. The maximum absolute atomic E-state index is 13.1. The summed E-state index contributed by atoms with van der Waals surface area (Å²) in [5, 5.41) is 11.0. The smallest absolute Gasteiger partial charge is 0.312 e. The average molecular weight is 571 g/mol. The standard InChI is InChI=1S/C27H35ClO11/c1-7-18(31)37-17-10-26(33)12(2)19(28)21-27(39-26,13(3)23(32)38-21)22(36-15(5)30)20-24(17,6)16(35-14(4)29)8-9-25(20)11-34-25/h13,16-17,19-22,33H,2,7-11H2,1,3-6H3/t13-,16-,17-,19-,20+,21-,22-,24+,25-,26-,27-/m0/s1. The highest BCUT2D eigenvalue weighted by atomic mass is 35.5. The van der Waals surface area contributed by atoms with Gasteiger partial charge >= 0.3 is 23.9 Å². The third kappa shape index (κ3) is 3.94. The van der Waals surface area contributed by atoms with E-state index in [0.717, 1.165) is 0 Å². The number of alkyl halides is 1. The van der Waals surface area contributed by atoms with Crippen molar-refractivity contribution in [1.82, 2.24) is 0 Å². The van der Waals surface area contributed by atoms with Gasteiger partial charge in [-0.2, -0.15) is 0 Å². The summed E-state index contributed by atoms with van der Waals surface area (Å²) in [5.41, 5.74) is -3.90. The first-order valence-corrected chi connectivity index (χ1v) is 13.7. The summed E-state index contributed by atoms with van der Waals surface area (Å²) in [4.78, 5) is 50.9. The Morgan fingerprint density at radius 1 is 1.15 bits per heavy atom. The molecule has 0 unspecified atom stereocenters. The summed E-state index contributed by atoms with van der Waals surface area (Å²) in [7, 11) is 0. The van der Waals surface area contributed by atoms with E-state index in [1.54, 1.807) is 20.8 Å². The number of hydrogen-bond donors (Lipinski definition) is 1. The molecule has 2 spiro atoms. The van der Waals surface area contributed by atoms with Gasteiger partial charge in [0.15, 0.2) is 17.5 Å². The lowest BCUT2D eigenvalue weighted by Gasteiger charge is -2.62. The van der Waals surface area contributed by atoms with Crippen molar-refractivity contribution >= 4 is 35.5 Å². The molecule has 5 fully saturated rings. The predicted octanol–water partition coefficient (Wildman–Crippen LogP) is 1.94. The van der Waals surface area contributed by atoms with Crippen LogP contribution in [0.25, 0.3) is 0 Å². The first-order valence-electron chi connectivity index (χ1n) is 13.3. The van der Waals surface area contributed by atoms with Gasteiger partial charge in [-0.3, -0.25) is 19.2 Å². The van der Waals surface area contributed by atoms with Gasteiger partial charge in [-0.1, -0.05) is 20.4 Å². The highest BCUT2D eigenvalue weighted by Crippen LogP contribution is 2.66. The minimum absolute atomic E-state index is 0.00472. The van der Waals surface area contributed by atoms with Crippen LogP contribution in [0.4, 0.5) is 0 Å². The molecule has 0 radical (unpaired) electrons. The van der Waals surface area contributed by atoms with Crippen LogP contribution < -0.4 is 0 Å². The highest BCUT2D eigenvalue weighted by Gasteiger charge is 2.80. The van der Waals surface area contributed by atoms with Gasteiger partial charge < -0.3 is 33.5 Å². The third-order valence-corrected chi connectivity index (χ3v) is 10.00. The van der Waals surface area contributed by atoms with E-state index in [-0.39, 0.29) is 25.0 Å². The molecule has 0 aromatic rings. The lowest BCUT2D eigenvalue weighted by molar-refractivity contribution is -0.353. The SMILES string of the molecule is C=C1[C@H](Cl)[C@@H]2OC(=O)[C@H](C)[C@]23O[C@@]1(O)C[C@H](OC(=O)CC)[C@@]1(C)[C@@H](OC(C)=O)CC[C@]2(CO2)[C@@H]1[C@@H]3OC(C)=O. The molecule has 2 bridgehead atoms. The number of carbonyl (C=O) groups excluding carboxylic acids is 4. The van der Waals surface area contributed by atoms with Crippen molar-refractivity contribution < 1.29 is 52.7 Å². The zero-order valence-corrected chi connectivity index (χ0v) is 23.4. The molecule has 39 heavy (non-hydrogen) atoms. The second-order valence-corrected chi connectivity index (χ2v) is 12.1. The second-order valence-electron chi connectivity index (χ2n) is 11.6. The van der Waals surface area contributed by atoms with Crippen molar-refractivity contribution in [3.63, 3.8) is 0 Å². The van der Waals surface area contributed by atoms with Crippen LogP contribution in [0.3, 0.4) is 0 Å². The number of fused-ring (bicyclic) bond motifs is 3. The van der Waals surface area contributed by atoms with E-state index in [1.807, 2.05) is 0 Å². The Morgan fingerprint density at radius 2 is 1.79 bits per heavy atom. The van der Waals surface area contributed by atoms with E-state index >= 15 is 0 Å². The van der Waals surface area contributed by atoms with Gasteiger partial charge in [-0.25, -0.2) is 0 Å². The topological polar surface area (TPSA) is 147 Å². The van der Waals surface area contributed by atoms with Gasteiger partial charge in [0.05, 0.1) is 28.9 Å². The molecule has 1 N–H and O–H groups in total. The Balaban J connectivity index is 1.81. The zero-order chi connectivity index (χ0) is 28.7. The fourth-order valence-electron chi connectivity index (χ4n) is 7.48. The largest absolute Gasteiger partial charge is 0.462 e. The van der Waals surface area contributed by atoms with Gasteiger partial charge in [0.2, 0.25) is 0 Å². The van der Waals surface area contributed by atoms with E-state index in [0.29, 0.717) is 12.8 Å². The molecular formula is C27H35ClO11. The maximum atomic E-state index is 13.1. The van der Waals surface area contributed by atoms with Gasteiger partial charge in [0.25, 0.3) is 0 Å². The molecule has 0 aromatic carbocycles. The summed E-state index contributed by atoms with van der Waals surface area (Å²) in [5.74, 6) is -6.50. The molecule has 11 atom stereocenters. The molecular weight excluding hydrogens is 536 g/mol. The molecule has 4 heterocycles. The molecule has 5 rings (SSSR count). The number of aliphatic hydroxyl groups is 1. The third-order valence-electron chi connectivity index (χ3n) is 9.51. The molecule has 11 nitrogen and oxygen atoms in total. The number of carbonyl (C=O) groups is 4. The quantitative estimate of drug-likeness (QED) is 0.174. The van der Waals surface area contributed by atoms with E-state index in [1.165, 1.54) is 13.8 Å². The van der Waals surface area contributed by atoms with Crippen LogP contribution in [0, 0.1) is 17.3 Å². The summed E-state index contributed by atoms with van der Waals surface area (Å²) in [6.07, 6.45) is -3.89. The Hall–Kier alpha value is -2.21. The molecule has 0 aromatic heterocycles. The van der Waals surface area contributed by atoms with Crippen LogP contribution in [-0.2, 0) is 47.6 Å². The Morgan fingerprint density at radius 3 is 2.36 bits per heavy atom. The van der Waals surface area contributed by atoms with Crippen LogP contribution in [0.1, 0.15) is 60.3 Å². The summed E-state index contributed by atoms with van der Waals surface area (Å²) in [6, 6.07) is 0. The first-order chi connectivity index (χ1) is 18.2. The number of hydrogen-bond acceptors (Lipinski definition) is 11. The van der Waals surface area contributed by atoms with Gasteiger partial charge in [-0.05, 0) is 19.8 Å². The molecule has 5 aliphatic rings. The Kier molecular flexibility index (Phi) is 6.65. The van der Waals surface area contributed by atoms with Crippen LogP contribution in [-0.4, -0.2) is 82.4 Å². The maximum Gasteiger partial charge on any atom is 0.312 e. The minimum atomic E-state index is -2.22. The summed E-state index contributed by atoms with van der Waals surface area (Å²) in [6.45, 7) is 11.7. The number of ether oxygens (including phenoxy) is 6. The monoisotopic (exact) mass is 570 g/mol. The van der Waals surface area contributed by atoms with Gasteiger partial charge in [-0.15, -0.1) is 11.6 Å². The Labute approximate surface area is 231 Å². The van der Waals surface area contributed by atoms with Crippen LogP contribution in [0.2, 0.25) is 0 Å². The first kappa shape index (κ1) is 28.3. The number of esters is 4. The minimum Gasteiger partial charge on any atom is -0.462 e. The predicted molar refractivity (Wildman–Crippen MR) is 132 cm³/mol. The lowest BCUT2D eigenvalue weighted by Crippen LogP contribution is -2.76. The van der Waals surface area contributed by atoms with Crippen molar-refractivity contribution in [3.8, 4) is 0 Å². The van der Waals surface area contributed by atoms with Gasteiger partial charge in [0, 0.05) is 38.2 Å². The molecule has 1 saturated carbocycles. The van der Waals surface area contributed by atoms with Crippen molar-refractivity contribution in [2.45, 2.75) is 107 Å². The van der Waals surface area contributed by atoms with Crippen molar-refractivity contribution in [3.05, 3.63) is 12.2 Å².